The Hall–Kier alpha value is -1.16. The molecule has 1 heterocycles. The first-order chi connectivity index (χ1) is 31.5. The van der Waals surface area contributed by atoms with Crippen LogP contribution in [0.1, 0.15) is 258 Å². The highest BCUT2D eigenvalue weighted by Gasteiger charge is 2.48. The first-order valence-corrected chi connectivity index (χ1v) is 28.4. The van der Waals surface area contributed by atoms with E-state index in [1.165, 1.54) is 180 Å². The van der Waals surface area contributed by atoms with Crippen LogP contribution in [0.25, 0.3) is 0 Å². The number of hydrogen-bond acceptors (Lipinski definition) is 10. The van der Waals surface area contributed by atoms with Crippen LogP contribution in [0, 0.1) is 0 Å². The third-order valence-electron chi connectivity index (χ3n) is 13.1. The molecule has 6 N–H and O–H groups in total. The Morgan fingerprint density at radius 2 is 0.985 bits per heavy atom. The fourth-order valence-corrected chi connectivity index (χ4v) is 9.38. The van der Waals surface area contributed by atoms with Crippen molar-refractivity contribution in [3.05, 3.63) is 12.2 Å². The molecule has 0 radical (unpaired) electrons. The summed E-state index contributed by atoms with van der Waals surface area (Å²) < 4.78 is 47.7. The molecule has 65 heavy (non-hydrogen) atoms. The number of ether oxygens (including phenoxy) is 2. The minimum absolute atomic E-state index is 0.229. The Morgan fingerprint density at radius 1 is 0.600 bits per heavy atom. The van der Waals surface area contributed by atoms with E-state index in [1.54, 1.807) is 0 Å². The van der Waals surface area contributed by atoms with Gasteiger partial charge in [-0.15, -0.1) is 0 Å². The number of carbonyl (C=O) groups is 1. The maximum Gasteiger partial charge on any atom is 0.397 e. The predicted molar refractivity (Wildman–Crippen MR) is 264 cm³/mol. The predicted octanol–water partition coefficient (Wildman–Crippen LogP) is 11.9. The molecule has 1 amide bonds. The first kappa shape index (κ1) is 61.9. The zero-order chi connectivity index (χ0) is 47.6. The minimum atomic E-state index is -5.08. The van der Waals surface area contributed by atoms with Crippen LogP contribution in [0.3, 0.4) is 0 Å². The van der Waals surface area contributed by atoms with Crippen LogP contribution in [0.4, 0.5) is 0 Å². The van der Waals surface area contributed by atoms with E-state index >= 15 is 0 Å². The summed E-state index contributed by atoms with van der Waals surface area (Å²) in [7, 11) is -5.08. The number of rotatable bonds is 47. The summed E-state index contributed by atoms with van der Waals surface area (Å²) >= 11 is 0. The lowest BCUT2D eigenvalue weighted by Crippen LogP contribution is -2.61. The van der Waals surface area contributed by atoms with Gasteiger partial charge in [-0.05, 0) is 38.5 Å². The Balaban J connectivity index is 2.31. The minimum Gasteiger partial charge on any atom is -0.394 e. The first-order valence-electron chi connectivity index (χ1n) is 27.1. The summed E-state index contributed by atoms with van der Waals surface area (Å²) in [6.45, 7) is 3.46. The van der Waals surface area contributed by atoms with Gasteiger partial charge in [0.1, 0.15) is 24.4 Å². The topological polar surface area (TPSA) is 192 Å². The normalized spacial score (nSPS) is 20.1. The van der Waals surface area contributed by atoms with Gasteiger partial charge in [0.15, 0.2) is 6.29 Å². The summed E-state index contributed by atoms with van der Waals surface area (Å²) in [4.78, 5) is 13.1. The Kier molecular flexibility index (Phi) is 40.8. The molecule has 0 bridgehead atoms. The van der Waals surface area contributed by atoms with Crippen molar-refractivity contribution >= 4 is 16.3 Å². The van der Waals surface area contributed by atoms with E-state index in [4.69, 9.17) is 9.47 Å². The third-order valence-corrected chi connectivity index (χ3v) is 13.5. The lowest BCUT2D eigenvalue weighted by molar-refractivity contribution is -0.298. The average Bonchev–Trinajstić information content (AvgIpc) is 3.28. The number of aliphatic hydroxyl groups is 4. The molecule has 12 nitrogen and oxygen atoms in total. The molecule has 0 spiro atoms. The summed E-state index contributed by atoms with van der Waals surface area (Å²) in [6.07, 6.45) is 40.8. The van der Waals surface area contributed by atoms with Crippen molar-refractivity contribution in [2.45, 2.75) is 301 Å². The lowest BCUT2D eigenvalue weighted by atomic mass is 9.99. The standard InChI is InChI=1S/C52H101NO11S/c1-3-5-7-9-11-13-15-17-18-19-20-21-22-23-24-25-26-27-28-29-30-32-34-36-38-40-42-48(56)53-45(46(55)41-39-37-35-33-31-16-14-12-10-8-6-4-2)44-62-52-50(58)51(64-65(59,60)61)49(57)47(43-54)63-52/h23-24,45-47,49-52,54-55,57-58H,3-22,25-44H2,1-2H3,(H,53,56)(H,59,60,61)/b24-23-. The summed E-state index contributed by atoms with van der Waals surface area (Å²) in [5.41, 5.74) is 0. The van der Waals surface area contributed by atoms with Crippen molar-refractivity contribution in [2.75, 3.05) is 13.2 Å². The Bertz CT molecular complexity index is 1210. The maximum absolute atomic E-state index is 13.1. The van der Waals surface area contributed by atoms with E-state index in [1.807, 2.05) is 0 Å². The third kappa shape index (κ3) is 35.6. The van der Waals surface area contributed by atoms with E-state index in [9.17, 15) is 38.2 Å². The molecule has 1 saturated heterocycles. The number of nitrogens with one attached hydrogen (secondary N) is 1. The molecule has 7 unspecified atom stereocenters. The number of hydrogen-bond donors (Lipinski definition) is 6. The van der Waals surface area contributed by atoms with Crippen LogP contribution in [0.5, 0.6) is 0 Å². The largest absolute Gasteiger partial charge is 0.397 e. The second-order valence-electron chi connectivity index (χ2n) is 19.2. The SMILES string of the molecule is CCCCCCCCCCCCCC/C=C\CCCCCCCCCCCCC(=O)NC(COC1OC(CO)C(O)C(OS(=O)(=O)O)C1O)C(O)CCCCCCCCCCCCCC. The number of carbonyl (C=O) groups excluding carboxylic acids is 1. The van der Waals surface area contributed by atoms with Gasteiger partial charge in [-0.1, -0.05) is 225 Å². The number of allylic oxidation sites excluding steroid dienone is 2. The average molecular weight is 948 g/mol. The number of unbranched alkanes of at least 4 members (excludes halogenated alkanes) is 33. The van der Waals surface area contributed by atoms with Crippen molar-refractivity contribution < 1.29 is 51.8 Å². The van der Waals surface area contributed by atoms with E-state index in [2.05, 4.69) is 35.5 Å². The van der Waals surface area contributed by atoms with E-state index in [0.717, 1.165) is 51.4 Å². The number of aliphatic hydroxyl groups excluding tert-OH is 4. The molecule has 0 aromatic carbocycles. The zero-order valence-electron chi connectivity index (χ0n) is 41.6. The molecule has 386 valence electrons. The van der Waals surface area contributed by atoms with Gasteiger partial charge in [-0.25, -0.2) is 4.18 Å². The highest BCUT2D eigenvalue weighted by atomic mass is 32.3. The Morgan fingerprint density at radius 3 is 1.38 bits per heavy atom. The van der Waals surface area contributed by atoms with Gasteiger partial charge < -0.3 is 35.2 Å². The monoisotopic (exact) mass is 948 g/mol. The number of amides is 1. The molecule has 0 aromatic rings. The van der Waals surface area contributed by atoms with E-state index < -0.39 is 59.9 Å². The highest BCUT2D eigenvalue weighted by molar-refractivity contribution is 7.80. The molecule has 1 fully saturated rings. The van der Waals surface area contributed by atoms with Gasteiger partial charge >= 0.3 is 10.4 Å². The van der Waals surface area contributed by atoms with E-state index in [0.29, 0.717) is 12.8 Å². The van der Waals surface area contributed by atoms with Gasteiger partial charge in [0, 0.05) is 6.42 Å². The van der Waals surface area contributed by atoms with Crippen molar-refractivity contribution in [1.29, 1.82) is 0 Å². The molecular weight excluding hydrogens is 847 g/mol. The fourth-order valence-electron chi connectivity index (χ4n) is 8.87. The molecule has 0 saturated carbocycles. The van der Waals surface area contributed by atoms with Gasteiger partial charge in [0.25, 0.3) is 0 Å². The second kappa shape index (κ2) is 42.9. The van der Waals surface area contributed by atoms with Crippen molar-refractivity contribution in [3.8, 4) is 0 Å². The van der Waals surface area contributed by atoms with E-state index in [-0.39, 0.29) is 12.5 Å². The molecular formula is C52H101NO11S. The zero-order valence-corrected chi connectivity index (χ0v) is 42.4. The van der Waals surface area contributed by atoms with Crippen LogP contribution in [0.2, 0.25) is 0 Å². The molecule has 1 aliphatic heterocycles. The lowest BCUT2D eigenvalue weighted by Gasteiger charge is -2.41. The van der Waals surface area contributed by atoms with Crippen LogP contribution in [-0.2, 0) is 28.9 Å². The van der Waals surface area contributed by atoms with Gasteiger partial charge in [-0.2, -0.15) is 8.42 Å². The van der Waals surface area contributed by atoms with Crippen molar-refractivity contribution in [1.82, 2.24) is 5.32 Å². The van der Waals surface area contributed by atoms with Gasteiger partial charge in [-0.3, -0.25) is 9.35 Å². The summed E-state index contributed by atoms with van der Waals surface area (Å²) in [5, 5.41) is 44.9. The molecule has 1 aliphatic rings. The second-order valence-corrected chi connectivity index (χ2v) is 20.2. The summed E-state index contributed by atoms with van der Waals surface area (Å²) in [5.74, 6) is -0.229. The molecule has 1 rings (SSSR count). The van der Waals surface area contributed by atoms with Crippen LogP contribution >= 0.6 is 0 Å². The highest BCUT2D eigenvalue weighted by Crippen LogP contribution is 2.26. The molecule has 0 aliphatic carbocycles. The van der Waals surface area contributed by atoms with Crippen molar-refractivity contribution in [3.63, 3.8) is 0 Å². The van der Waals surface area contributed by atoms with Gasteiger partial charge in [0.2, 0.25) is 5.91 Å². The van der Waals surface area contributed by atoms with Gasteiger partial charge in [0.05, 0.1) is 25.4 Å². The summed E-state index contributed by atoms with van der Waals surface area (Å²) in [6, 6.07) is -0.855. The van der Waals surface area contributed by atoms with Crippen LogP contribution in [-0.4, -0.2) is 95.4 Å². The smallest absolute Gasteiger partial charge is 0.394 e. The fraction of sp³-hybridized carbons (Fsp3) is 0.942. The van der Waals surface area contributed by atoms with Crippen LogP contribution in [0.15, 0.2) is 12.2 Å². The molecule has 7 atom stereocenters. The quantitative estimate of drug-likeness (QED) is 0.0193. The Labute approximate surface area is 398 Å². The van der Waals surface area contributed by atoms with Crippen molar-refractivity contribution in [2.24, 2.45) is 0 Å². The van der Waals surface area contributed by atoms with Crippen LogP contribution < -0.4 is 5.32 Å². The molecule has 13 heteroatoms. The molecule has 0 aromatic heterocycles. The maximum atomic E-state index is 13.1.